The molecule has 1 N–H and O–H groups in total. The van der Waals surface area contributed by atoms with Crippen LogP contribution in [0.3, 0.4) is 0 Å². The fraction of sp³-hybridized carbons (Fsp3) is 0.474. The van der Waals surface area contributed by atoms with E-state index < -0.39 is 11.9 Å². The molecule has 0 saturated carbocycles. The molecular weight excluding hydrogens is 332 g/mol. The Morgan fingerprint density at radius 1 is 1.27 bits per heavy atom. The van der Waals surface area contributed by atoms with E-state index in [9.17, 15) is 14.7 Å². The standard InChI is InChI=1S/C19H24N4O3/c1-12(2)15-8-4-5-9-16(15)23-13(3)20-17(21-23)18(24)22-10-6-7-14(11-22)19(25)26/h4-5,8-9,12,14H,6-7,10-11H2,1-3H3,(H,25,26). The molecule has 1 atom stereocenters. The highest BCUT2D eigenvalue weighted by Crippen LogP contribution is 2.24. The molecule has 0 radical (unpaired) electrons. The second-order valence-electron chi connectivity index (χ2n) is 7.04. The van der Waals surface area contributed by atoms with Crippen molar-refractivity contribution in [1.82, 2.24) is 19.7 Å². The lowest BCUT2D eigenvalue weighted by atomic mass is 9.98. The fourth-order valence-corrected chi connectivity index (χ4v) is 3.38. The maximum atomic E-state index is 12.8. The maximum absolute atomic E-state index is 12.8. The molecule has 1 aliphatic rings. The highest BCUT2D eigenvalue weighted by atomic mass is 16.4. The van der Waals surface area contributed by atoms with Gasteiger partial charge in [0, 0.05) is 13.1 Å². The Hall–Kier alpha value is -2.70. The second kappa shape index (κ2) is 7.27. The first kappa shape index (κ1) is 18.1. The van der Waals surface area contributed by atoms with Gasteiger partial charge in [-0.1, -0.05) is 32.0 Å². The molecule has 1 saturated heterocycles. The Labute approximate surface area is 152 Å². The average Bonchev–Trinajstić information content (AvgIpc) is 3.02. The third-order valence-electron chi connectivity index (χ3n) is 4.81. The number of para-hydroxylation sites is 1. The minimum Gasteiger partial charge on any atom is -0.481 e. The molecule has 138 valence electrons. The van der Waals surface area contributed by atoms with Crippen LogP contribution in [-0.4, -0.2) is 49.7 Å². The van der Waals surface area contributed by atoms with Gasteiger partial charge in [-0.25, -0.2) is 9.67 Å². The van der Waals surface area contributed by atoms with E-state index in [-0.39, 0.29) is 18.3 Å². The van der Waals surface area contributed by atoms with Crippen molar-refractivity contribution in [1.29, 1.82) is 0 Å². The predicted octanol–water partition coefficient (Wildman–Crippen LogP) is 2.64. The van der Waals surface area contributed by atoms with Gasteiger partial charge >= 0.3 is 5.97 Å². The van der Waals surface area contributed by atoms with Gasteiger partial charge in [-0.3, -0.25) is 9.59 Å². The van der Waals surface area contributed by atoms with Crippen molar-refractivity contribution in [3.63, 3.8) is 0 Å². The van der Waals surface area contributed by atoms with Gasteiger partial charge in [-0.05, 0) is 37.3 Å². The first-order valence-electron chi connectivity index (χ1n) is 8.93. The summed E-state index contributed by atoms with van der Waals surface area (Å²) in [6.45, 7) is 6.79. The van der Waals surface area contributed by atoms with E-state index in [4.69, 9.17) is 0 Å². The van der Waals surface area contributed by atoms with E-state index >= 15 is 0 Å². The number of hydrogen-bond acceptors (Lipinski definition) is 4. The van der Waals surface area contributed by atoms with Crippen molar-refractivity contribution in [2.24, 2.45) is 5.92 Å². The Morgan fingerprint density at radius 2 is 2.00 bits per heavy atom. The van der Waals surface area contributed by atoms with Gasteiger partial charge in [0.1, 0.15) is 5.82 Å². The van der Waals surface area contributed by atoms with Crippen molar-refractivity contribution in [2.75, 3.05) is 13.1 Å². The van der Waals surface area contributed by atoms with Gasteiger partial charge in [0.25, 0.3) is 5.91 Å². The van der Waals surface area contributed by atoms with Crippen molar-refractivity contribution in [3.8, 4) is 5.69 Å². The van der Waals surface area contributed by atoms with Crippen LogP contribution >= 0.6 is 0 Å². The molecule has 2 heterocycles. The smallest absolute Gasteiger partial charge is 0.308 e. The lowest BCUT2D eigenvalue weighted by molar-refractivity contribution is -0.143. The molecule has 1 amide bonds. The summed E-state index contributed by atoms with van der Waals surface area (Å²) in [7, 11) is 0. The van der Waals surface area contributed by atoms with Gasteiger partial charge in [-0.15, -0.1) is 5.10 Å². The third-order valence-corrected chi connectivity index (χ3v) is 4.81. The van der Waals surface area contributed by atoms with Crippen LogP contribution in [0.2, 0.25) is 0 Å². The zero-order chi connectivity index (χ0) is 18.8. The second-order valence-corrected chi connectivity index (χ2v) is 7.04. The zero-order valence-corrected chi connectivity index (χ0v) is 15.3. The highest BCUT2D eigenvalue weighted by molar-refractivity contribution is 5.91. The van der Waals surface area contributed by atoms with E-state index in [2.05, 4.69) is 23.9 Å². The summed E-state index contributed by atoms with van der Waals surface area (Å²) in [5, 5.41) is 13.6. The van der Waals surface area contributed by atoms with Gasteiger partial charge in [-0.2, -0.15) is 0 Å². The number of amides is 1. The van der Waals surface area contributed by atoms with Crippen LogP contribution < -0.4 is 0 Å². The number of nitrogens with zero attached hydrogens (tertiary/aromatic N) is 4. The van der Waals surface area contributed by atoms with Gasteiger partial charge in [0.05, 0.1) is 11.6 Å². The largest absolute Gasteiger partial charge is 0.481 e. The molecule has 7 heteroatoms. The predicted molar refractivity (Wildman–Crippen MR) is 96.4 cm³/mol. The molecule has 1 aromatic carbocycles. The maximum Gasteiger partial charge on any atom is 0.308 e. The molecule has 1 fully saturated rings. The highest BCUT2D eigenvalue weighted by Gasteiger charge is 2.30. The first-order valence-corrected chi connectivity index (χ1v) is 8.93. The number of carboxylic acids is 1. The molecule has 3 rings (SSSR count). The molecular formula is C19H24N4O3. The number of carboxylic acid groups (broad SMARTS) is 1. The molecule has 26 heavy (non-hydrogen) atoms. The van der Waals surface area contributed by atoms with E-state index in [1.54, 1.807) is 9.58 Å². The lowest BCUT2D eigenvalue weighted by Crippen LogP contribution is -2.42. The summed E-state index contributed by atoms with van der Waals surface area (Å²) in [6, 6.07) is 7.93. The molecule has 7 nitrogen and oxygen atoms in total. The molecule has 2 aromatic rings. The van der Waals surface area contributed by atoms with E-state index in [0.717, 1.165) is 11.3 Å². The van der Waals surface area contributed by atoms with Gasteiger partial charge in [0.15, 0.2) is 0 Å². The number of aromatic nitrogens is 3. The summed E-state index contributed by atoms with van der Waals surface area (Å²) in [4.78, 5) is 29.9. The molecule has 0 aliphatic carbocycles. The number of carbonyl (C=O) groups excluding carboxylic acids is 1. The van der Waals surface area contributed by atoms with E-state index in [0.29, 0.717) is 31.1 Å². The minimum absolute atomic E-state index is 0.118. The number of carbonyl (C=O) groups is 2. The summed E-state index contributed by atoms with van der Waals surface area (Å²) in [5.41, 5.74) is 2.04. The Morgan fingerprint density at radius 3 is 2.69 bits per heavy atom. The summed E-state index contributed by atoms with van der Waals surface area (Å²) >= 11 is 0. The van der Waals surface area contributed by atoms with Crippen LogP contribution in [0.15, 0.2) is 24.3 Å². The Balaban J connectivity index is 1.89. The van der Waals surface area contributed by atoms with Crippen molar-refractivity contribution >= 4 is 11.9 Å². The SMILES string of the molecule is Cc1nc(C(=O)N2CCCC(C(=O)O)C2)nn1-c1ccccc1C(C)C. The van der Waals surface area contributed by atoms with Crippen LogP contribution in [0.4, 0.5) is 0 Å². The van der Waals surface area contributed by atoms with Crippen LogP contribution in [0.5, 0.6) is 0 Å². The number of piperidine rings is 1. The fourth-order valence-electron chi connectivity index (χ4n) is 3.38. The van der Waals surface area contributed by atoms with Gasteiger partial charge < -0.3 is 10.0 Å². The van der Waals surface area contributed by atoms with Crippen LogP contribution in [0.25, 0.3) is 5.69 Å². The van der Waals surface area contributed by atoms with Crippen molar-refractivity contribution in [2.45, 2.75) is 39.5 Å². The summed E-state index contributed by atoms with van der Waals surface area (Å²) < 4.78 is 1.70. The molecule has 0 spiro atoms. The number of rotatable bonds is 4. The molecule has 1 unspecified atom stereocenters. The monoisotopic (exact) mass is 356 g/mol. The van der Waals surface area contributed by atoms with Crippen molar-refractivity contribution < 1.29 is 14.7 Å². The van der Waals surface area contributed by atoms with Crippen LogP contribution in [0, 0.1) is 12.8 Å². The van der Waals surface area contributed by atoms with E-state index in [1.165, 1.54) is 0 Å². The quantitative estimate of drug-likeness (QED) is 0.910. The number of aryl methyl sites for hydroxylation is 1. The minimum atomic E-state index is -0.858. The number of likely N-dealkylation sites (tertiary alicyclic amines) is 1. The average molecular weight is 356 g/mol. The summed E-state index contributed by atoms with van der Waals surface area (Å²) in [6.07, 6.45) is 1.28. The Bertz CT molecular complexity index is 828. The number of benzene rings is 1. The Kier molecular flexibility index (Phi) is 5.06. The van der Waals surface area contributed by atoms with Crippen molar-refractivity contribution in [3.05, 3.63) is 41.5 Å². The van der Waals surface area contributed by atoms with Crippen LogP contribution in [0.1, 0.15) is 54.6 Å². The van der Waals surface area contributed by atoms with Crippen LogP contribution in [-0.2, 0) is 4.79 Å². The van der Waals surface area contributed by atoms with E-state index in [1.807, 2.05) is 31.2 Å². The molecule has 1 aliphatic heterocycles. The summed E-state index contributed by atoms with van der Waals surface area (Å²) in [5.74, 6) is -0.617. The topological polar surface area (TPSA) is 88.3 Å². The van der Waals surface area contributed by atoms with Gasteiger partial charge in [0.2, 0.25) is 5.82 Å². The molecule has 1 aromatic heterocycles. The normalized spacial score (nSPS) is 17.5. The molecule has 0 bridgehead atoms. The lowest BCUT2D eigenvalue weighted by Gasteiger charge is -2.29. The first-order chi connectivity index (χ1) is 12.4. The third kappa shape index (κ3) is 3.47. The number of aliphatic carboxylic acids is 1. The zero-order valence-electron chi connectivity index (χ0n) is 15.3. The number of hydrogen-bond donors (Lipinski definition) is 1.